The van der Waals surface area contributed by atoms with Crippen LogP contribution in [0.15, 0.2) is 12.3 Å². The quantitative estimate of drug-likeness (QED) is 0.842. The molecule has 4 nitrogen and oxygen atoms in total. The van der Waals surface area contributed by atoms with Gasteiger partial charge in [-0.05, 0) is 37.0 Å². The number of hydrogen-bond acceptors (Lipinski definition) is 4. The summed E-state index contributed by atoms with van der Waals surface area (Å²) >= 11 is 1.74. The molecule has 1 aliphatic heterocycles. The highest BCUT2D eigenvalue weighted by atomic mass is 32.2. The number of carbonyl (C=O) groups excluding carboxylic acids is 1. The van der Waals surface area contributed by atoms with Crippen molar-refractivity contribution in [3.63, 3.8) is 0 Å². The Labute approximate surface area is 99.2 Å². The minimum Gasteiger partial charge on any atom is -0.357 e. The molecule has 0 radical (unpaired) electrons. The minimum atomic E-state index is -0.158. The van der Waals surface area contributed by atoms with Gasteiger partial charge in [-0.15, -0.1) is 0 Å². The van der Waals surface area contributed by atoms with Crippen LogP contribution in [0.5, 0.6) is 0 Å². The van der Waals surface area contributed by atoms with Gasteiger partial charge >= 0.3 is 0 Å². The van der Waals surface area contributed by atoms with E-state index in [-0.39, 0.29) is 11.9 Å². The van der Waals surface area contributed by atoms with Crippen LogP contribution in [-0.4, -0.2) is 28.9 Å². The molecule has 1 aromatic heterocycles. The number of thioether (sulfide) groups is 1. The Hall–Kier alpha value is -1.23. The third-order valence-electron chi connectivity index (χ3n) is 2.65. The SMILES string of the molecule is CSCCC1Nc2nccc(C)c2NC1=O. The number of anilines is 2. The molecular formula is C11H15N3OS. The molecule has 1 aliphatic rings. The summed E-state index contributed by atoms with van der Waals surface area (Å²) in [5.41, 5.74) is 1.85. The lowest BCUT2D eigenvalue weighted by Gasteiger charge is -2.26. The van der Waals surface area contributed by atoms with Crippen LogP contribution in [-0.2, 0) is 4.79 Å². The lowest BCUT2D eigenvalue weighted by molar-refractivity contribution is -0.117. The molecule has 86 valence electrons. The highest BCUT2D eigenvalue weighted by Crippen LogP contribution is 2.28. The van der Waals surface area contributed by atoms with E-state index in [1.807, 2.05) is 19.2 Å². The molecule has 0 fully saturated rings. The molecule has 16 heavy (non-hydrogen) atoms. The number of aryl methyl sites for hydroxylation is 1. The lowest BCUT2D eigenvalue weighted by Crippen LogP contribution is -2.39. The van der Waals surface area contributed by atoms with Crippen LogP contribution in [0.2, 0.25) is 0 Å². The van der Waals surface area contributed by atoms with Gasteiger partial charge in [-0.3, -0.25) is 4.79 Å². The van der Waals surface area contributed by atoms with E-state index in [1.165, 1.54) is 0 Å². The standard InChI is InChI=1S/C11H15N3OS/c1-7-3-5-12-10-9(7)14-11(15)8(13-10)4-6-16-2/h3,5,8H,4,6H2,1-2H3,(H,12,13)(H,14,15). The van der Waals surface area contributed by atoms with Crippen LogP contribution in [0, 0.1) is 6.92 Å². The van der Waals surface area contributed by atoms with E-state index in [4.69, 9.17) is 0 Å². The number of carbonyl (C=O) groups is 1. The molecule has 2 rings (SSSR count). The molecule has 2 N–H and O–H groups in total. The van der Waals surface area contributed by atoms with Crippen molar-refractivity contribution in [2.24, 2.45) is 0 Å². The topological polar surface area (TPSA) is 54.0 Å². The number of fused-ring (bicyclic) bond motifs is 1. The van der Waals surface area contributed by atoms with E-state index in [1.54, 1.807) is 18.0 Å². The smallest absolute Gasteiger partial charge is 0.247 e. The van der Waals surface area contributed by atoms with Crippen LogP contribution in [0.4, 0.5) is 11.5 Å². The van der Waals surface area contributed by atoms with Crippen molar-refractivity contribution in [3.05, 3.63) is 17.8 Å². The van der Waals surface area contributed by atoms with Crippen LogP contribution in [0.25, 0.3) is 0 Å². The summed E-state index contributed by atoms with van der Waals surface area (Å²) in [6.45, 7) is 1.96. The average molecular weight is 237 g/mol. The van der Waals surface area contributed by atoms with Gasteiger partial charge in [0.2, 0.25) is 5.91 Å². The van der Waals surface area contributed by atoms with Crippen molar-refractivity contribution in [2.75, 3.05) is 22.6 Å². The maximum atomic E-state index is 11.8. The van der Waals surface area contributed by atoms with Gasteiger partial charge in [0.15, 0.2) is 5.82 Å². The molecule has 0 aromatic carbocycles. The predicted octanol–water partition coefficient (Wildman–Crippen LogP) is 1.88. The Morgan fingerprint density at radius 2 is 2.38 bits per heavy atom. The molecule has 0 bridgehead atoms. The van der Waals surface area contributed by atoms with Gasteiger partial charge in [0.25, 0.3) is 0 Å². The third kappa shape index (κ3) is 2.14. The second kappa shape index (κ2) is 4.74. The van der Waals surface area contributed by atoms with Crippen LogP contribution in [0.1, 0.15) is 12.0 Å². The number of nitrogens with one attached hydrogen (secondary N) is 2. The molecule has 5 heteroatoms. The van der Waals surface area contributed by atoms with Gasteiger partial charge in [-0.1, -0.05) is 0 Å². The number of pyridine rings is 1. The molecule has 2 heterocycles. The molecule has 1 aromatic rings. The van der Waals surface area contributed by atoms with Crippen molar-refractivity contribution >= 4 is 29.2 Å². The summed E-state index contributed by atoms with van der Waals surface area (Å²) in [5, 5.41) is 6.10. The Balaban J connectivity index is 2.19. The van der Waals surface area contributed by atoms with E-state index in [2.05, 4.69) is 15.6 Å². The number of nitrogens with zero attached hydrogens (tertiary/aromatic N) is 1. The number of hydrogen-bond donors (Lipinski definition) is 2. The first-order valence-electron chi connectivity index (χ1n) is 5.24. The van der Waals surface area contributed by atoms with Crippen LogP contribution in [0.3, 0.4) is 0 Å². The van der Waals surface area contributed by atoms with Gasteiger partial charge in [-0.2, -0.15) is 11.8 Å². The Morgan fingerprint density at radius 1 is 1.56 bits per heavy atom. The summed E-state index contributed by atoms with van der Waals surface area (Å²) in [4.78, 5) is 16.0. The lowest BCUT2D eigenvalue weighted by atomic mass is 10.1. The summed E-state index contributed by atoms with van der Waals surface area (Å²) in [6.07, 6.45) is 4.61. The highest BCUT2D eigenvalue weighted by Gasteiger charge is 2.26. The van der Waals surface area contributed by atoms with E-state index in [0.717, 1.165) is 29.2 Å². The highest BCUT2D eigenvalue weighted by molar-refractivity contribution is 7.98. The molecule has 1 atom stereocenters. The van der Waals surface area contributed by atoms with Crippen molar-refractivity contribution in [1.82, 2.24) is 4.98 Å². The molecule has 0 aliphatic carbocycles. The van der Waals surface area contributed by atoms with Crippen molar-refractivity contribution in [3.8, 4) is 0 Å². The van der Waals surface area contributed by atoms with Crippen LogP contribution < -0.4 is 10.6 Å². The van der Waals surface area contributed by atoms with Gasteiger partial charge in [0, 0.05) is 6.20 Å². The molecule has 0 saturated carbocycles. The third-order valence-corrected chi connectivity index (χ3v) is 3.29. The number of rotatable bonds is 3. The minimum absolute atomic E-state index is 0.0395. The van der Waals surface area contributed by atoms with E-state index < -0.39 is 0 Å². The molecular weight excluding hydrogens is 222 g/mol. The maximum Gasteiger partial charge on any atom is 0.247 e. The zero-order valence-electron chi connectivity index (χ0n) is 9.41. The van der Waals surface area contributed by atoms with Gasteiger partial charge < -0.3 is 10.6 Å². The average Bonchev–Trinajstić information content (AvgIpc) is 2.28. The summed E-state index contributed by atoms with van der Waals surface area (Å²) in [5.74, 6) is 1.79. The fourth-order valence-corrected chi connectivity index (χ4v) is 2.18. The monoisotopic (exact) mass is 237 g/mol. The fraction of sp³-hybridized carbons (Fsp3) is 0.455. The van der Waals surface area contributed by atoms with E-state index >= 15 is 0 Å². The Morgan fingerprint density at radius 3 is 3.12 bits per heavy atom. The Bertz CT molecular complexity index is 408. The first-order chi connectivity index (χ1) is 7.72. The maximum absolute atomic E-state index is 11.8. The molecule has 0 saturated heterocycles. The first kappa shape index (κ1) is 11.3. The fourth-order valence-electron chi connectivity index (χ4n) is 1.71. The van der Waals surface area contributed by atoms with E-state index in [9.17, 15) is 4.79 Å². The second-order valence-electron chi connectivity index (χ2n) is 3.82. The normalized spacial score (nSPS) is 18.6. The first-order valence-corrected chi connectivity index (χ1v) is 6.63. The summed E-state index contributed by atoms with van der Waals surface area (Å²) in [7, 11) is 0. The molecule has 1 unspecified atom stereocenters. The van der Waals surface area contributed by atoms with Crippen molar-refractivity contribution in [2.45, 2.75) is 19.4 Å². The second-order valence-corrected chi connectivity index (χ2v) is 4.80. The van der Waals surface area contributed by atoms with Gasteiger partial charge in [0.05, 0.1) is 5.69 Å². The largest absolute Gasteiger partial charge is 0.357 e. The van der Waals surface area contributed by atoms with Crippen LogP contribution >= 0.6 is 11.8 Å². The van der Waals surface area contributed by atoms with Crippen molar-refractivity contribution in [1.29, 1.82) is 0 Å². The zero-order valence-corrected chi connectivity index (χ0v) is 10.2. The Kier molecular flexibility index (Phi) is 3.33. The number of aromatic nitrogens is 1. The summed E-state index contributed by atoms with van der Waals surface area (Å²) < 4.78 is 0. The van der Waals surface area contributed by atoms with Crippen molar-refractivity contribution < 1.29 is 4.79 Å². The van der Waals surface area contributed by atoms with E-state index in [0.29, 0.717) is 0 Å². The van der Waals surface area contributed by atoms with Gasteiger partial charge in [0.1, 0.15) is 6.04 Å². The zero-order chi connectivity index (χ0) is 11.5. The van der Waals surface area contributed by atoms with Gasteiger partial charge in [-0.25, -0.2) is 4.98 Å². The number of amides is 1. The predicted molar refractivity (Wildman–Crippen MR) is 68.0 cm³/mol. The molecule has 1 amide bonds. The summed E-state index contributed by atoms with van der Waals surface area (Å²) in [6, 6.07) is 1.73. The molecule has 0 spiro atoms.